The molecule has 0 aliphatic heterocycles. The Labute approximate surface area is 165 Å². The van der Waals surface area contributed by atoms with Gasteiger partial charge in [0, 0.05) is 22.7 Å². The maximum atomic E-state index is 12.2. The van der Waals surface area contributed by atoms with Gasteiger partial charge in [0.25, 0.3) is 0 Å². The van der Waals surface area contributed by atoms with Gasteiger partial charge in [0.2, 0.25) is 5.91 Å². The second-order valence-corrected chi connectivity index (χ2v) is 7.50. The fourth-order valence-electron chi connectivity index (χ4n) is 2.26. The van der Waals surface area contributed by atoms with Crippen LogP contribution in [0.15, 0.2) is 54.6 Å². The Hall–Kier alpha value is -3.21. The number of rotatable bonds is 6. The Kier molecular flexibility index (Phi) is 6.88. The number of ether oxygens (including phenoxy) is 1. The predicted octanol–water partition coefficient (Wildman–Crippen LogP) is 4.42. The number of ketones is 1. The monoisotopic (exact) mass is 379 g/mol. The van der Waals surface area contributed by atoms with E-state index in [2.05, 4.69) is 5.32 Å². The summed E-state index contributed by atoms with van der Waals surface area (Å²) in [5.74, 6) is -1.00. The molecule has 0 aromatic heterocycles. The van der Waals surface area contributed by atoms with Crippen LogP contribution in [0.1, 0.15) is 42.3 Å². The molecular formula is C23H25NO4. The fourth-order valence-corrected chi connectivity index (χ4v) is 2.26. The molecule has 146 valence electrons. The van der Waals surface area contributed by atoms with Gasteiger partial charge in [-0.15, -0.1) is 0 Å². The van der Waals surface area contributed by atoms with Crippen LogP contribution in [-0.2, 0) is 14.3 Å². The third-order valence-corrected chi connectivity index (χ3v) is 4.08. The van der Waals surface area contributed by atoms with E-state index >= 15 is 0 Å². The van der Waals surface area contributed by atoms with Crippen molar-refractivity contribution in [3.05, 3.63) is 71.3 Å². The molecule has 0 fully saturated rings. The number of nitrogens with one attached hydrogen (secondary N) is 1. The lowest BCUT2D eigenvalue weighted by Crippen LogP contribution is -2.27. The maximum absolute atomic E-state index is 12.2. The minimum Gasteiger partial charge on any atom is -0.454 e. The summed E-state index contributed by atoms with van der Waals surface area (Å²) < 4.78 is 5.01. The molecule has 2 rings (SSSR count). The second kappa shape index (κ2) is 9.13. The first kappa shape index (κ1) is 21.1. The number of amides is 1. The molecule has 2 aromatic rings. The summed E-state index contributed by atoms with van der Waals surface area (Å²) in [5.41, 5.74) is 2.47. The molecule has 2 aromatic carbocycles. The molecule has 0 bridgehead atoms. The molecule has 0 unspecified atom stereocenters. The molecule has 1 amide bonds. The molecular weight excluding hydrogens is 354 g/mol. The number of aryl methyl sites for hydroxylation is 1. The van der Waals surface area contributed by atoms with Gasteiger partial charge in [-0.05, 0) is 48.4 Å². The summed E-state index contributed by atoms with van der Waals surface area (Å²) >= 11 is 0. The van der Waals surface area contributed by atoms with Crippen LogP contribution >= 0.6 is 0 Å². The van der Waals surface area contributed by atoms with Crippen LogP contribution in [0.2, 0.25) is 0 Å². The number of hydrogen-bond acceptors (Lipinski definition) is 4. The average Bonchev–Trinajstić information content (AvgIpc) is 2.65. The van der Waals surface area contributed by atoms with E-state index in [1.54, 1.807) is 30.3 Å². The van der Waals surface area contributed by atoms with Gasteiger partial charge in [-0.25, -0.2) is 4.79 Å². The summed E-state index contributed by atoms with van der Waals surface area (Å²) in [6.45, 7) is 7.07. The molecule has 5 nitrogen and oxygen atoms in total. The number of anilines is 1. The summed E-state index contributed by atoms with van der Waals surface area (Å²) in [6.07, 6.45) is 2.97. The van der Waals surface area contributed by atoms with Gasteiger partial charge in [0.15, 0.2) is 12.4 Å². The van der Waals surface area contributed by atoms with Crippen LogP contribution in [0, 0.1) is 12.3 Å². The zero-order valence-corrected chi connectivity index (χ0v) is 16.6. The van der Waals surface area contributed by atoms with Crippen LogP contribution in [0.5, 0.6) is 0 Å². The molecule has 0 heterocycles. The van der Waals surface area contributed by atoms with Crippen molar-refractivity contribution in [1.82, 2.24) is 0 Å². The summed E-state index contributed by atoms with van der Waals surface area (Å²) in [4.78, 5) is 36.0. The minimum absolute atomic E-state index is 0.110. The van der Waals surface area contributed by atoms with E-state index in [0.717, 1.165) is 11.1 Å². The van der Waals surface area contributed by atoms with E-state index in [-0.39, 0.29) is 18.3 Å². The molecule has 5 heteroatoms. The molecule has 0 saturated heterocycles. The lowest BCUT2D eigenvalue weighted by molar-refractivity contribution is -0.136. The highest BCUT2D eigenvalue weighted by atomic mass is 16.5. The zero-order chi connectivity index (χ0) is 20.7. The highest BCUT2D eigenvalue weighted by Gasteiger charge is 2.21. The number of Topliss-reactive ketones (excluding diaryl/α,β-unsaturated/α-hetero) is 1. The highest BCUT2D eigenvalue weighted by Crippen LogP contribution is 2.18. The molecule has 0 aliphatic rings. The van der Waals surface area contributed by atoms with Crippen LogP contribution in [-0.4, -0.2) is 24.3 Å². The number of carbonyl (C=O) groups excluding carboxylic acids is 3. The third-order valence-electron chi connectivity index (χ3n) is 4.08. The van der Waals surface area contributed by atoms with Gasteiger partial charge in [-0.1, -0.05) is 45.0 Å². The standard InChI is InChI=1S/C23H25NO4/c1-16-7-5-6-8-17(16)11-14-21(26)28-15-20(25)18-9-12-19(13-10-18)24-22(27)23(2,3)4/h5-14H,15H2,1-4H3,(H,24,27)/b14-11+. The highest BCUT2D eigenvalue weighted by molar-refractivity contribution is 6.00. The van der Waals surface area contributed by atoms with Gasteiger partial charge in [-0.3, -0.25) is 9.59 Å². The van der Waals surface area contributed by atoms with Crippen molar-refractivity contribution < 1.29 is 19.1 Å². The third kappa shape index (κ3) is 6.20. The Balaban J connectivity index is 1.88. The Morgan fingerprint density at radius 2 is 1.64 bits per heavy atom. The topological polar surface area (TPSA) is 72.5 Å². The smallest absolute Gasteiger partial charge is 0.331 e. The van der Waals surface area contributed by atoms with E-state index < -0.39 is 11.4 Å². The fraction of sp³-hybridized carbons (Fsp3) is 0.261. The predicted molar refractivity (Wildman–Crippen MR) is 110 cm³/mol. The molecule has 0 saturated carbocycles. The molecule has 0 spiro atoms. The van der Waals surface area contributed by atoms with Crippen molar-refractivity contribution in [3.63, 3.8) is 0 Å². The van der Waals surface area contributed by atoms with Crippen molar-refractivity contribution in [1.29, 1.82) is 0 Å². The van der Waals surface area contributed by atoms with E-state index in [4.69, 9.17) is 4.74 Å². The van der Waals surface area contributed by atoms with Gasteiger partial charge in [-0.2, -0.15) is 0 Å². The number of carbonyl (C=O) groups is 3. The molecule has 28 heavy (non-hydrogen) atoms. The lowest BCUT2D eigenvalue weighted by atomic mass is 9.95. The zero-order valence-electron chi connectivity index (χ0n) is 16.6. The maximum Gasteiger partial charge on any atom is 0.331 e. The summed E-state index contributed by atoms with van der Waals surface area (Å²) in [5, 5.41) is 2.79. The summed E-state index contributed by atoms with van der Waals surface area (Å²) in [6, 6.07) is 14.1. The Morgan fingerprint density at radius 1 is 1.00 bits per heavy atom. The SMILES string of the molecule is Cc1ccccc1/C=C/C(=O)OCC(=O)c1ccc(NC(=O)C(C)(C)C)cc1. The minimum atomic E-state index is -0.578. The normalized spacial score (nSPS) is 11.3. The molecule has 0 aliphatic carbocycles. The molecule has 0 radical (unpaired) electrons. The number of benzene rings is 2. The van der Waals surface area contributed by atoms with E-state index in [1.807, 2.05) is 52.0 Å². The van der Waals surface area contributed by atoms with Gasteiger partial charge < -0.3 is 10.1 Å². The van der Waals surface area contributed by atoms with Crippen molar-refractivity contribution in [2.24, 2.45) is 5.41 Å². The van der Waals surface area contributed by atoms with E-state index in [9.17, 15) is 14.4 Å². The van der Waals surface area contributed by atoms with E-state index in [1.165, 1.54) is 6.08 Å². The van der Waals surface area contributed by atoms with Crippen molar-refractivity contribution in [2.45, 2.75) is 27.7 Å². The van der Waals surface area contributed by atoms with Gasteiger partial charge in [0.05, 0.1) is 0 Å². The second-order valence-electron chi connectivity index (χ2n) is 7.50. The molecule has 0 atom stereocenters. The lowest BCUT2D eigenvalue weighted by Gasteiger charge is -2.17. The largest absolute Gasteiger partial charge is 0.454 e. The Bertz CT molecular complexity index is 890. The average molecular weight is 379 g/mol. The van der Waals surface area contributed by atoms with Crippen molar-refractivity contribution in [2.75, 3.05) is 11.9 Å². The van der Waals surface area contributed by atoms with Crippen LogP contribution in [0.3, 0.4) is 0 Å². The number of hydrogen-bond donors (Lipinski definition) is 1. The van der Waals surface area contributed by atoms with Gasteiger partial charge >= 0.3 is 5.97 Å². The van der Waals surface area contributed by atoms with Crippen molar-refractivity contribution in [3.8, 4) is 0 Å². The molecule has 1 N–H and O–H groups in total. The summed E-state index contributed by atoms with van der Waals surface area (Å²) in [7, 11) is 0. The van der Waals surface area contributed by atoms with Crippen LogP contribution in [0.25, 0.3) is 6.08 Å². The van der Waals surface area contributed by atoms with Gasteiger partial charge in [0.1, 0.15) is 0 Å². The first-order valence-electron chi connectivity index (χ1n) is 9.02. The Morgan fingerprint density at radius 3 is 2.25 bits per heavy atom. The quantitative estimate of drug-likeness (QED) is 0.458. The first-order valence-corrected chi connectivity index (χ1v) is 9.02. The van der Waals surface area contributed by atoms with E-state index in [0.29, 0.717) is 11.3 Å². The van der Waals surface area contributed by atoms with Crippen LogP contribution < -0.4 is 5.32 Å². The van der Waals surface area contributed by atoms with Crippen molar-refractivity contribution >= 4 is 29.4 Å². The first-order chi connectivity index (χ1) is 13.2. The van der Waals surface area contributed by atoms with Crippen LogP contribution in [0.4, 0.5) is 5.69 Å². The number of esters is 1.